The second-order valence-electron chi connectivity index (χ2n) is 18.6. The second kappa shape index (κ2) is 65.2. The standard InChI is InChI=1S/C73H106O5/c1-3-5-7-9-11-13-15-17-19-21-23-25-27-29-31-33-34-35-36-37-38-40-42-44-46-48-50-52-54-56-58-60-62-64-66-68-73(76)78-71(69-74)70-77-72(75)67-65-63-61-59-57-55-53-51-49-47-45-43-41-39-32-30-28-26-24-22-20-18-16-14-12-10-8-6-4-2/h5-8,11-14,17-20,23-26,29-32,34-35,37-38,41-44,47-50,53-56,59,61,71,74H,3-4,9-10,15-16,21-22,27-28,33,36,39-40,45-46,51-52,57-58,60,62-70H2,1-2H3/b7-5-,8-6-,13-11-,14-12-,19-17-,20-18-,25-23-,26-24-,31-29-,32-30-,35-34-,38-37-,43-41-,44-42-,49-47-,50-48-,55-53-,56-54-,61-59-. The molecule has 78 heavy (non-hydrogen) atoms. The minimum atomic E-state index is -0.831. The number of ether oxygens (including phenoxy) is 2. The second-order valence-corrected chi connectivity index (χ2v) is 18.6. The number of hydrogen-bond donors (Lipinski definition) is 1. The summed E-state index contributed by atoms with van der Waals surface area (Å²) in [5.74, 6) is -0.713. The van der Waals surface area contributed by atoms with Gasteiger partial charge in [0.2, 0.25) is 0 Å². The fraction of sp³-hybridized carbons (Fsp3) is 0.452. The molecule has 1 N–H and O–H groups in total. The van der Waals surface area contributed by atoms with Crippen molar-refractivity contribution in [3.05, 3.63) is 231 Å². The molecule has 0 amide bonds. The average molecular weight is 1060 g/mol. The summed E-state index contributed by atoms with van der Waals surface area (Å²) in [6.45, 7) is 3.82. The van der Waals surface area contributed by atoms with Crippen LogP contribution in [0.1, 0.15) is 194 Å². The molecule has 0 spiro atoms. The molecule has 0 aromatic carbocycles. The number of aliphatic hydroxyl groups is 1. The predicted octanol–water partition coefficient (Wildman–Crippen LogP) is 21.0. The third-order valence-electron chi connectivity index (χ3n) is 11.5. The zero-order valence-corrected chi connectivity index (χ0v) is 48.8. The van der Waals surface area contributed by atoms with E-state index in [0.717, 1.165) is 161 Å². The molecule has 0 rings (SSSR count). The maximum atomic E-state index is 12.3. The van der Waals surface area contributed by atoms with E-state index in [1.165, 1.54) is 0 Å². The highest BCUT2D eigenvalue weighted by Gasteiger charge is 2.16. The molecule has 0 radical (unpaired) electrons. The van der Waals surface area contributed by atoms with Crippen molar-refractivity contribution in [2.75, 3.05) is 13.2 Å². The van der Waals surface area contributed by atoms with Crippen LogP contribution < -0.4 is 0 Å². The Hall–Kier alpha value is -6.04. The van der Waals surface area contributed by atoms with Crippen LogP contribution in [0.25, 0.3) is 0 Å². The molecule has 1 unspecified atom stereocenters. The lowest BCUT2D eigenvalue weighted by Gasteiger charge is -2.15. The van der Waals surface area contributed by atoms with Gasteiger partial charge in [0, 0.05) is 12.8 Å². The first-order valence-corrected chi connectivity index (χ1v) is 29.9. The first-order valence-electron chi connectivity index (χ1n) is 29.9. The normalized spacial score (nSPS) is 13.9. The van der Waals surface area contributed by atoms with E-state index in [2.05, 4.69) is 245 Å². The van der Waals surface area contributed by atoms with E-state index in [1.54, 1.807) is 0 Å². The quantitative estimate of drug-likeness (QED) is 0.0373. The Morgan fingerprint density at radius 3 is 0.795 bits per heavy atom. The lowest BCUT2D eigenvalue weighted by molar-refractivity contribution is -0.161. The molecule has 5 nitrogen and oxygen atoms in total. The molecule has 0 bridgehead atoms. The molecule has 0 heterocycles. The van der Waals surface area contributed by atoms with Crippen LogP contribution >= 0.6 is 0 Å². The number of hydrogen-bond acceptors (Lipinski definition) is 5. The van der Waals surface area contributed by atoms with Crippen LogP contribution in [0.4, 0.5) is 0 Å². The summed E-state index contributed by atoms with van der Waals surface area (Å²) in [4.78, 5) is 24.5. The van der Waals surface area contributed by atoms with Crippen molar-refractivity contribution in [3.8, 4) is 0 Å². The monoisotopic (exact) mass is 1060 g/mol. The number of aliphatic hydroxyl groups excluding tert-OH is 1. The fourth-order valence-electron chi connectivity index (χ4n) is 7.05. The molecule has 0 aromatic heterocycles. The number of rotatable bonds is 51. The Bertz CT molecular complexity index is 1970. The van der Waals surface area contributed by atoms with Gasteiger partial charge in [0.1, 0.15) is 6.61 Å². The van der Waals surface area contributed by atoms with Gasteiger partial charge in [-0.1, -0.05) is 258 Å². The summed E-state index contributed by atoms with van der Waals surface area (Å²) in [7, 11) is 0. The molecule has 0 aliphatic rings. The highest BCUT2D eigenvalue weighted by Crippen LogP contribution is 2.10. The van der Waals surface area contributed by atoms with Crippen LogP contribution in [0, 0.1) is 0 Å². The van der Waals surface area contributed by atoms with Crippen molar-refractivity contribution in [2.24, 2.45) is 0 Å². The lowest BCUT2D eigenvalue weighted by atomic mass is 10.1. The Labute approximate surface area is 477 Å². The van der Waals surface area contributed by atoms with Gasteiger partial charge in [-0.15, -0.1) is 0 Å². The van der Waals surface area contributed by atoms with Crippen molar-refractivity contribution < 1.29 is 24.2 Å². The molecule has 0 aliphatic heterocycles. The van der Waals surface area contributed by atoms with Crippen LogP contribution in [-0.4, -0.2) is 36.4 Å². The average Bonchev–Trinajstić information content (AvgIpc) is 3.44. The largest absolute Gasteiger partial charge is 0.462 e. The molecule has 428 valence electrons. The number of carbonyl (C=O) groups is 2. The van der Waals surface area contributed by atoms with Gasteiger partial charge in [-0.25, -0.2) is 0 Å². The minimum absolute atomic E-state index is 0.125. The lowest BCUT2D eigenvalue weighted by Crippen LogP contribution is -2.28. The van der Waals surface area contributed by atoms with E-state index < -0.39 is 6.10 Å². The van der Waals surface area contributed by atoms with Crippen LogP contribution in [0.5, 0.6) is 0 Å². The van der Waals surface area contributed by atoms with Crippen LogP contribution in [0.2, 0.25) is 0 Å². The highest BCUT2D eigenvalue weighted by atomic mass is 16.6. The van der Waals surface area contributed by atoms with Crippen molar-refractivity contribution in [1.82, 2.24) is 0 Å². The molecule has 1 atom stereocenters. The van der Waals surface area contributed by atoms with Gasteiger partial charge in [0.25, 0.3) is 0 Å². The smallest absolute Gasteiger partial charge is 0.306 e. The van der Waals surface area contributed by atoms with Gasteiger partial charge < -0.3 is 14.6 Å². The molecular formula is C73H106O5. The number of esters is 2. The number of carbonyl (C=O) groups excluding carboxylic acids is 2. The molecule has 0 aliphatic carbocycles. The Balaban J connectivity index is 3.77. The van der Waals surface area contributed by atoms with Gasteiger partial charge in [-0.3, -0.25) is 9.59 Å². The Morgan fingerprint density at radius 2 is 0.526 bits per heavy atom. The summed E-state index contributed by atoms with van der Waals surface area (Å²) in [5.41, 5.74) is 0. The molecular weight excluding hydrogens is 957 g/mol. The van der Waals surface area contributed by atoms with Crippen LogP contribution in [0.3, 0.4) is 0 Å². The van der Waals surface area contributed by atoms with Crippen molar-refractivity contribution >= 4 is 11.9 Å². The SMILES string of the molecule is CC/C=C\C/C=C\C/C=C\C/C=C\C/C=C\C/C=C\C/C=C\C/C=C\C/C=C\C/C=C\CCCCCCC(=O)OC(CO)COC(=O)CCC/C=C\C/C=C\C/C=C\C/C=C\C/C=C\C/C=C\C/C=C\C/C=C\C/C=C\CC. The molecule has 0 fully saturated rings. The zero-order valence-electron chi connectivity index (χ0n) is 48.8. The van der Waals surface area contributed by atoms with Crippen molar-refractivity contribution in [3.63, 3.8) is 0 Å². The molecule has 5 heteroatoms. The maximum Gasteiger partial charge on any atom is 0.306 e. The first-order chi connectivity index (χ1) is 38.6. The first kappa shape index (κ1) is 72.0. The van der Waals surface area contributed by atoms with Gasteiger partial charge in [-0.2, -0.15) is 0 Å². The van der Waals surface area contributed by atoms with Gasteiger partial charge in [0.05, 0.1) is 6.61 Å². The van der Waals surface area contributed by atoms with E-state index in [4.69, 9.17) is 9.47 Å². The Kier molecular flexibility index (Phi) is 60.2. The third-order valence-corrected chi connectivity index (χ3v) is 11.5. The van der Waals surface area contributed by atoms with Crippen LogP contribution in [0.15, 0.2) is 231 Å². The van der Waals surface area contributed by atoms with E-state index in [9.17, 15) is 14.7 Å². The number of unbranched alkanes of at least 4 members (excludes halogenated alkanes) is 5. The minimum Gasteiger partial charge on any atom is -0.462 e. The topological polar surface area (TPSA) is 72.8 Å². The summed E-state index contributed by atoms with van der Waals surface area (Å²) >= 11 is 0. The number of allylic oxidation sites excluding steroid dienone is 38. The highest BCUT2D eigenvalue weighted by molar-refractivity contribution is 5.70. The van der Waals surface area contributed by atoms with Gasteiger partial charge >= 0.3 is 11.9 Å². The summed E-state index contributed by atoms with van der Waals surface area (Å²) in [6.07, 6.45) is 109. The zero-order chi connectivity index (χ0) is 56.2. The molecule has 0 saturated carbocycles. The van der Waals surface area contributed by atoms with Crippen molar-refractivity contribution in [1.29, 1.82) is 0 Å². The Morgan fingerprint density at radius 1 is 0.295 bits per heavy atom. The van der Waals surface area contributed by atoms with E-state index in [0.29, 0.717) is 12.8 Å². The fourth-order valence-corrected chi connectivity index (χ4v) is 7.05. The third kappa shape index (κ3) is 62.5. The van der Waals surface area contributed by atoms with Crippen molar-refractivity contribution in [2.45, 2.75) is 200 Å². The van der Waals surface area contributed by atoms with E-state index >= 15 is 0 Å². The van der Waals surface area contributed by atoms with Gasteiger partial charge in [0.15, 0.2) is 6.10 Å². The van der Waals surface area contributed by atoms with Gasteiger partial charge in [-0.05, 0) is 154 Å². The summed E-state index contributed by atoms with van der Waals surface area (Å²) < 4.78 is 10.6. The van der Waals surface area contributed by atoms with E-state index in [1.807, 2.05) is 0 Å². The summed E-state index contributed by atoms with van der Waals surface area (Å²) in [6, 6.07) is 0. The maximum absolute atomic E-state index is 12.3. The molecule has 0 saturated heterocycles. The molecule has 0 aromatic rings. The summed E-state index contributed by atoms with van der Waals surface area (Å²) in [5, 5.41) is 9.66. The predicted molar refractivity (Wildman–Crippen MR) is 342 cm³/mol. The van der Waals surface area contributed by atoms with Crippen LogP contribution in [-0.2, 0) is 19.1 Å². The van der Waals surface area contributed by atoms with E-state index in [-0.39, 0.29) is 31.6 Å².